The number of thiocarbonyl (C=S) groups is 1. The fourth-order valence-corrected chi connectivity index (χ4v) is 5.25. The summed E-state index contributed by atoms with van der Waals surface area (Å²) < 4.78 is 2.32. The molecule has 3 heterocycles. The summed E-state index contributed by atoms with van der Waals surface area (Å²) in [5, 5.41) is 4.30. The van der Waals surface area contributed by atoms with Gasteiger partial charge in [-0.3, -0.25) is 4.98 Å². The van der Waals surface area contributed by atoms with Crippen LogP contribution in [0.3, 0.4) is 0 Å². The SMILES string of the molecule is CCc1ccc(N2C(=S)N[C@H](c3ccccn3)[C@H]2c2cc(C)n(-c3ccccc3)c2C)cc1. The van der Waals surface area contributed by atoms with Gasteiger partial charge in [-0.25, -0.2) is 0 Å². The van der Waals surface area contributed by atoms with Crippen molar-refractivity contribution in [3.05, 3.63) is 113 Å². The first-order valence-electron chi connectivity index (χ1n) is 11.4. The number of anilines is 1. The third kappa shape index (κ3) is 3.83. The molecule has 2 aromatic carbocycles. The van der Waals surface area contributed by atoms with Gasteiger partial charge in [0, 0.05) is 29.0 Å². The smallest absolute Gasteiger partial charge is 0.174 e. The molecule has 0 unspecified atom stereocenters. The zero-order valence-corrected chi connectivity index (χ0v) is 20.0. The quantitative estimate of drug-likeness (QED) is 0.364. The Morgan fingerprint density at radius 2 is 1.64 bits per heavy atom. The van der Waals surface area contributed by atoms with E-state index in [0.29, 0.717) is 0 Å². The first kappa shape index (κ1) is 21.4. The van der Waals surface area contributed by atoms with Crippen LogP contribution in [0.25, 0.3) is 5.69 Å². The van der Waals surface area contributed by atoms with Crippen LogP contribution >= 0.6 is 12.2 Å². The summed E-state index contributed by atoms with van der Waals surface area (Å²) in [6.07, 6.45) is 2.87. The van der Waals surface area contributed by atoms with Crippen molar-refractivity contribution in [1.29, 1.82) is 0 Å². The summed E-state index contributed by atoms with van der Waals surface area (Å²) in [6, 6.07) is 27.6. The lowest BCUT2D eigenvalue weighted by atomic mass is 9.96. The zero-order valence-electron chi connectivity index (χ0n) is 19.2. The van der Waals surface area contributed by atoms with E-state index >= 15 is 0 Å². The Balaban J connectivity index is 1.66. The highest BCUT2D eigenvalue weighted by molar-refractivity contribution is 7.80. The fraction of sp³-hybridized carbons (Fsp3) is 0.214. The Morgan fingerprint density at radius 1 is 0.909 bits per heavy atom. The van der Waals surface area contributed by atoms with Gasteiger partial charge in [0.1, 0.15) is 0 Å². The Bertz CT molecular complexity index is 1260. The minimum atomic E-state index is -0.0470. The molecule has 2 atom stereocenters. The Kier molecular flexibility index (Phi) is 5.73. The molecular weight excluding hydrogens is 424 g/mol. The maximum atomic E-state index is 5.89. The molecule has 166 valence electrons. The molecule has 5 heteroatoms. The third-order valence-corrected chi connectivity index (χ3v) is 6.84. The second-order valence-electron chi connectivity index (χ2n) is 8.51. The van der Waals surface area contributed by atoms with Gasteiger partial charge in [-0.1, -0.05) is 43.3 Å². The van der Waals surface area contributed by atoms with E-state index in [1.165, 1.54) is 28.2 Å². The largest absolute Gasteiger partial charge is 0.351 e. The predicted molar refractivity (Wildman–Crippen MR) is 139 cm³/mol. The number of pyridine rings is 1. The van der Waals surface area contributed by atoms with Crippen LogP contribution in [0, 0.1) is 13.8 Å². The minimum absolute atomic E-state index is 0.0106. The van der Waals surface area contributed by atoms with Crippen LogP contribution < -0.4 is 10.2 Å². The number of benzene rings is 2. The average molecular weight is 453 g/mol. The van der Waals surface area contributed by atoms with Crippen LogP contribution in [0.2, 0.25) is 0 Å². The molecule has 0 amide bonds. The lowest BCUT2D eigenvalue weighted by Gasteiger charge is -2.28. The van der Waals surface area contributed by atoms with Crippen LogP contribution in [-0.2, 0) is 6.42 Å². The van der Waals surface area contributed by atoms with Gasteiger partial charge in [0.05, 0.1) is 17.8 Å². The Labute approximate surface area is 200 Å². The van der Waals surface area contributed by atoms with E-state index in [4.69, 9.17) is 12.2 Å². The number of nitrogens with zero attached hydrogens (tertiary/aromatic N) is 3. The first-order valence-corrected chi connectivity index (χ1v) is 11.8. The first-order chi connectivity index (χ1) is 16.1. The molecule has 0 spiro atoms. The van der Waals surface area contributed by atoms with Gasteiger partial charge >= 0.3 is 0 Å². The number of rotatable bonds is 5. The highest BCUT2D eigenvalue weighted by Gasteiger charge is 2.42. The number of aryl methyl sites for hydroxylation is 2. The molecule has 1 aliphatic rings. The van der Waals surface area contributed by atoms with Crippen LogP contribution in [0.1, 0.15) is 47.2 Å². The molecular formula is C28H28N4S. The van der Waals surface area contributed by atoms with Crippen LogP contribution in [0.5, 0.6) is 0 Å². The molecule has 0 bridgehead atoms. The molecule has 0 saturated carbocycles. The normalized spacial score (nSPS) is 17.9. The van der Waals surface area contributed by atoms with E-state index in [1.54, 1.807) is 0 Å². The van der Waals surface area contributed by atoms with Gasteiger partial charge in [0.2, 0.25) is 0 Å². The second kappa shape index (κ2) is 8.83. The van der Waals surface area contributed by atoms with Crippen molar-refractivity contribution in [3.8, 4) is 5.69 Å². The van der Waals surface area contributed by atoms with Crippen molar-refractivity contribution in [1.82, 2.24) is 14.9 Å². The van der Waals surface area contributed by atoms with E-state index in [9.17, 15) is 0 Å². The van der Waals surface area contributed by atoms with E-state index < -0.39 is 0 Å². The van der Waals surface area contributed by atoms with Crippen molar-refractivity contribution < 1.29 is 0 Å². The molecule has 2 aromatic heterocycles. The predicted octanol–water partition coefficient (Wildman–Crippen LogP) is 6.23. The van der Waals surface area contributed by atoms with Gasteiger partial charge in [0.15, 0.2) is 5.11 Å². The second-order valence-corrected chi connectivity index (χ2v) is 8.90. The average Bonchev–Trinajstić information content (AvgIpc) is 3.35. The molecule has 1 saturated heterocycles. The molecule has 1 fully saturated rings. The van der Waals surface area contributed by atoms with Crippen LogP contribution in [0.15, 0.2) is 85.1 Å². The lowest BCUT2D eigenvalue weighted by molar-refractivity contribution is 0.565. The zero-order chi connectivity index (χ0) is 22.9. The molecule has 0 radical (unpaired) electrons. The van der Waals surface area contributed by atoms with Gasteiger partial charge < -0.3 is 14.8 Å². The lowest BCUT2D eigenvalue weighted by Crippen LogP contribution is -2.29. The van der Waals surface area contributed by atoms with Crippen LogP contribution in [-0.4, -0.2) is 14.7 Å². The molecule has 4 aromatic rings. The Morgan fingerprint density at radius 3 is 2.30 bits per heavy atom. The fourth-order valence-electron chi connectivity index (χ4n) is 4.90. The van der Waals surface area contributed by atoms with E-state index in [2.05, 4.69) is 107 Å². The van der Waals surface area contributed by atoms with E-state index in [-0.39, 0.29) is 12.1 Å². The number of nitrogens with one attached hydrogen (secondary N) is 1. The van der Waals surface area contributed by atoms with Gasteiger partial charge in [-0.15, -0.1) is 0 Å². The molecule has 33 heavy (non-hydrogen) atoms. The highest BCUT2D eigenvalue weighted by atomic mass is 32.1. The maximum absolute atomic E-state index is 5.89. The summed E-state index contributed by atoms with van der Waals surface area (Å²) in [7, 11) is 0. The molecule has 0 aliphatic carbocycles. The summed E-state index contributed by atoms with van der Waals surface area (Å²) in [5.41, 5.74) is 8.23. The van der Waals surface area contributed by atoms with Gasteiger partial charge in [-0.05, 0) is 86.1 Å². The van der Waals surface area contributed by atoms with Gasteiger partial charge in [0.25, 0.3) is 0 Å². The third-order valence-electron chi connectivity index (χ3n) is 6.52. The summed E-state index contributed by atoms with van der Waals surface area (Å²) in [5.74, 6) is 0. The minimum Gasteiger partial charge on any atom is -0.351 e. The number of para-hydroxylation sites is 1. The topological polar surface area (TPSA) is 33.1 Å². The summed E-state index contributed by atoms with van der Waals surface area (Å²) in [4.78, 5) is 6.94. The summed E-state index contributed by atoms with van der Waals surface area (Å²) in [6.45, 7) is 6.54. The number of hydrogen-bond donors (Lipinski definition) is 1. The molecule has 1 N–H and O–H groups in total. The number of hydrogen-bond acceptors (Lipinski definition) is 2. The molecule has 1 aliphatic heterocycles. The molecule has 5 rings (SSSR count). The van der Waals surface area contributed by atoms with Crippen molar-refractivity contribution in [2.75, 3.05) is 4.90 Å². The van der Waals surface area contributed by atoms with Crippen molar-refractivity contribution in [2.45, 2.75) is 39.3 Å². The molecule has 4 nitrogen and oxygen atoms in total. The highest BCUT2D eigenvalue weighted by Crippen LogP contribution is 2.43. The van der Waals surface area contributed by atoms with Gasteiger partial charge in [-0.2, -0.15) is 0 Å². The Hall–Kier alpha value is -3.44. The van der Waals surface area contributed by atoms with E-state index in [0.717, 1.165) is 22.9 Å². The standard InChI is InChI=1S/C28H28N4S/c1-4-21-13-15-23(16-14-21)32-27(26(30-28(32)33)25-12-8-9-17-29-25)24-18-19(2)31(20(24)3)22-10-6-5-7-11-22/h5-18,26-27H,4H2,1-3H3,(H,30,33)/t26-,27-/m1/s1. The van der Waals surface area contributed by atoms with Crippen molar-refractivity contribution in [2.24, 2.45) is 0 Å². The van der Waals surface area contributed by atoms with Crippen LogP contribution in [0.4, 0.5) is 5.69 Å². The number of aromatic nitrogens is 2. The van der Waals surface area contributed by atoms with Crippen molar-refractivity contribution in [3.63, 3.8) is 0 Å². The summed E-state index contributed by atoms with van der Waals surface area (Å²) >= 11 is 5.89. The monoisotopic (exact) mass is 452 g/mol. The van der Waals surface area contributed by atoms with E-state index in [1.807, 2.05) is 18.3 Å². The van der Waals surface area contributed by atoms with Crippen molar-refractivity contribution >= 4 is 23.0 Å². The maximum Gasteiger partial charge on any atom is 0.174 e.